The zero-order valence-electron chi connectivity index (χ0n) is 16.9. The fourth-order valence-electron chi connectivity index (χ4n) is 4.52. The molecule has 3 saturated heterocycles. The molecule has 0 bridgehead atoms. The molecule has 0 spiro atoms. The van der Waals surface area contributed by atoms with Gasteiger partial charge in [-0.05, 0) is 25.7 Å². The van der Waals surface area contributed by atoms with Crippen LogP contribution in [0, 0.1) is 0 Å². The molecule has 162 valence electrons. The summed E-state index contributed by atoms with van der Waals surface area (Å²) in [6, 6.07) is -0.0393. The van der Waals surface area contributed by atoms with Crippen LogP contribution in [0.3, 0.4) is 0 Å². The smallest absolute Gasteiger partial charge is 0.232 e. The Kier molecular flexibility index (Phi) is 6.02. The summed E-state index contributed by atoms with van der Waals surface area (Å²) in [7, 11) is 0. The van der Waals surface area contributed by atoms with Crippen molar-refractivity contribution in [1.82, 2.24) is 15.0 Å². The zero-order chi connectivity index (χ0) is 20.5. The van der Waals surface area contributed by atoms with Crippen LogP contribution in [0.2, 0.25) is 0 Å². The number of anilines is 3. The molecule has 1 aromatic rings. The molecule has 3 aliphatic heterocycles. The first-order valence-electron chi connectivity index (χ1n) is 10.6. The normalized spacial score (nSPS) is 32.0. The monoisotopic (exact) mass is 406 g/mol. The van der Waals surface area contributed by atoms with Crippen molar-refractivity contribution in [3.63, 3.8) is 0 Å². The highest BCUT2D eigenvalue weighted by atomic mass is 16.3. The summed E-state index contributed by atoms with van der Waals surface area (Å²) in [5, 5.41) is 9.86. The Hall–Kier alpha value is -1.79. The van der Waals surface area contributed by atoms with Gasteiger partial charge in [-0.25, -0.2) is 0 Å². The van der Waals surface area contributed by atoms with Crippen molar-refractivity contribution >= 4 is 17.8 Å². The Morgan fingerprint density at radius 1 is 0.621 bits per heavy atom. The average Bonchev–Trinajstić information content (AvgIpc) is 2.67. The summed E-state index contributed by atoms with van der Waals surface area (Å²) >= 11 is 0. The molecule has 11 heteroatoms. The molecule has 11 nitrogen and oxygen atoms in total. The van der Waals surface area contributed by atoms with Crippen molar-refractivity contribution in [2.24, 2.45) is 22.9 Å². The summed E-state index contributed by atoms with van der Waals surface area (Å²) in [6.45, 7) is 4.07. The predicted octanol–water partition coefficient (Wildman–Crippen LogP) is -2.44. The second kappa shape index (κ2) is 8.52. The lowest BCUT2D eigenvalue weighted by Crippen LogP contribution is -2.54. The van der Waals surface area contributed by atoms with Crippen LogP contribution in [0.1, 0.15) is 25.7 Å². The van der Waals surface area contributed by atoms with Crippen LogP contribution in [-0.2, 0) is 0 Å². The van der Waals surface area contributed by atoms with E-state index in [0.717, 1.165) is 12.8 Å². The van der Waals surface area contributed by atoms with E-state index in [-0.39, 0.29) is 30.3 Å². The maximum absolute atomic E-state index is 9.86. The Morgan fingerprint density at radius 3 is 1.34 bits per heavy atom. The van der Waals surface area contributed by atoms with Crippen LogP contribution in [-0.4, -0.2) is 89.6 Å². The van der Waals surface area contributed by atoms with Gasteiger partial charge in [-0.3, -0.25) is 0 Å². The van der Waals surface area contributed by atoms with Gasteiger partial charge in [0.25, 0.3) is 0 Å². The number of aliphatic hydroxyl groups excluding tert-OH is 1. The van der Waals surface area contributed by atoms with Crippen molar-refractivity contribution in [3.8, 4) is 0 Å². The number of piperidine rings is 3. The van der Waals surface area contributed by atoms with Gasteiger partial charge in [-0.15, -0.1) is 0 Å². The molecule has 29 heavy (non-hydrogen) atoms. The van der Waals surface area contributed by atoms with Gasteiger partial charge in [0.05, 0.1) is 6.10 Å². The number of hydrogen-bond donors (Lipinski definition) is 5. The molecule has 0 amide bonds. The fourth-order valence-corrected chi connectivity index (χ4v) is 4.52. The molecule has 3 fully saturated rings. The molecule has 0 aliphatic carbocycles. The van der Waals surface area contributed by atoms with Crippen LogP contribution in [0.5, 0.6) is 0 Å². The van der Waals surface area contributed by atoms with Gasteiger partial charge < -0.3 is 42.7 Å². The second-order valence-corrected chi connectivity index (χ2v) is 8.78. The molecule has 9 N–H and O–H groups in total. The standard InChI is InChI=1S/C18H34N10O/c19-11-5-12(20)8-27(7-11)17-23-16(26-3-1-15(29)2-4-26)24-18(25-17)28-9-13(21)6-14(22)10-28/h11-15,29H,1-10,19-22H2/t11-,12+,13-,14+. The highest BCUT2D eigenvalue weighted by molar-refractivity contribution is 5.48. The van der Waals surface area contributed by atoms with Gasteiger partial charge in [-0.2, -0.15) is 15.0 Å². The summed E-state index contributed by atoms with van der Waals surface area (Å²) in [5.41, 5.74) is 24.8. The zero-order valence-corrected chi connectivity index (χ0v) is 16.9. The highest BCUT2D eigenvalue weighted by Gasteiger charge is 2.30. The van der Waals surface area contributed by atoms with E-state index in [1.54, 1.807) is 0 Å². The molecule has 1 aromatic heterocycles. The van der Waals surface area contributed by atoms with Crippen molar-refractivity contribution in [1.29, 1.82) is 0 Å². The van der Waals surface area contributed by atoms with Crippen molar-refractivity contribution in [2.45, 2.75) is 56.0 Å². The quantitative estimate of drug-likeness (QED) is 0.361. The van der Waals surface area contributed by atoms with Gasteiger partial charge in [0.1, 0.15) is 0 Å². The number of hydrogen-bond acceptors (Lipinski definition) is 11. The molecule has 0 aromatic carbocycles. The molecular weight excluding hydrogens is 372 g/mol. The van der Waals surface area contributed by atoms with Crippen LogP contribution in [0.15, 0.2) is 0 Å². The first kappa shape index (κ1) is 20.5. The SMILES string of the molecule is N[C@@H]1C[C@H](N)CN(c2nc(N3CCC(O)CC3)nc(N3C[C@H](N)C[C@H](N)C3)n2)C1. The Balaban J connectivity index is 1.65. The lowest BCUT2D eigenvalue weighted by atomic mass is 10.0. The topological polar surface area (TPSA) is 173 Å². The first-order chi connectivity index (χ1) is 13.9. The van der Waals surface area contributed by atoms with Gasteiger partial charge in [0.15, 0.2) is 0 Å². The van der Waals surface area contributed by atoms with Crippen LogP contribution in [0.4, 0.5) is 17.8 Å². The number of aliphatic hydroxyl groups is 1. The molecule has 3 aliphatic rings. The number of nitrogens with two attached hydrogens (primary N) is 4. The van der Waals surface area contributed by atoms with Gasteiger partial charge in [0.2, 0.25) is 17.8 Å². The first-order valence-corrected chi connectivity index (χ1v) is 10.6. The minimum atomic E-state index is -0.261. The minimum absolute atomic E-state index is 0.00983. The van der Waals surface area contributed by atoms with E-state index in [9.17, 15) is 5.11 Å². The van der Waals surface area contributed by atoms with Crippen molar-refractivity contribution < 1.29 is 5.11 Å². The maximum Gasteiger partial charge on any atom is 0.232 e. The Morgan fingerprint density at radius 2 is 0.966 bits per heavy atom. The fraction of sp³-hybridized carbons (Fsp3) is 0.833. The molecule has 4 heterocycles. The predicted molar refractivity (Wildman–Crippen MR) is 113 cm³/mol. The summed E-state index contributed by atoms with van der Waals surface area (Å²) < 4.78 is 0. The van der Waals surface area contributed by atoms with E-state index in [1.165, 1.54) is 0 Å². The van der Waals surface area contributed by atoms with Crippen LogP contribution >= 0.6 is 0 Å². The third-order valence-electron chi connectivity index (χ3n) is 5.94. The van der Waals surface area contributed by atoms with Gasteiger partial charge in [-0.1, -0.05) is 0 Å². The van der Waals surface area contributed by atoms with Crippen LogP contribution in [0.25, 0.3) is 0 Å². The summed E-state index contributed by atoms with van der Waals surface area (Å²) in [5.74, 6) is 1.81. The molecular formula is C18H34N10O. The highest BCUT2D eigenvalue weighted by Crippen LogP contribution is 2.25. The third-order valence-corrected chi connectivity index (χ3v) is 5.94. The van der Waals surface area contributed by atoms with E-state index in [2.05, 4.69) is 14.7 Å². The van der Waals surface area contributed by atoms with Gasteiger partial charge >= 0.3 is 0 Å². The second-order valence-electron chi connectivity index (χ2n) is 8.78. The molecule has 0 saturated carbocycles. The summed E-state index contributed by atoms with van der Waals surface area (Å²) in [6.07, 6.45) is 2.73. The van der Waals surface area contributed by atoms with Crippen molar-refractivity contribution in [3.05, 3.63) is 0 Å². The lowest BCUT2D eigenvalue weighted by molar-refractivity contribution is 0.145. The van der Waals surface area contributed by atoms with E-state index >= 15 is 0 Å². The van der Waals surface area contributed by atoms with Crippen molar-refractivity contribution in [2.75, 3.05) is 54.0 Å². The minimum Gasteiger partial charge on any atom is -0.393 e. The maximum atomic E-state index is 9.86. The molecule has 4 atom stereocenters. The number of rotatable bonds is 3. The number of aromatic nitrogens is 3. The van der Waals surface area contributed by atoms with Gasteiger partial charge in [0, 0.05) is 63.4 Å². The number of nitrogens with zero attached hydrogens (tertiary/aromatic N) is 6. The lowest BCUT2D eigenvalue weighted by Gasteiger charge is -2.38. The molecule has 0 unspecified atom stereocenters. The third kappa shape index (κ3) is 4.86. The molecule has 4 rings (SSSR count). The Labute approximate surface area is 171 Å². The largest absolute Gasteiger partial charge is 0.393 e. The summed E-state index contributed by atoms with van der Waals surface area (Å²) in [4.78, 5) is 20.5. The Bertz CT molecular complexity index is 633. The van der Waals surface area contributed by atoms with E-state index < -0.39 is 0 Å². The van der Waals surface area contributed by atoms with E-state index in [1.807, 2.05) is 0 Å². The van der Waals surface area contributed by atoms with Crippen LogP contribution < -0.4 is 37.6 Å². The molecule has 0 radical (unpaired) electrons. The van der Waals surface area contributed by atoms with E-state index in [4.69, 9.17) is 37.9 Å². The average molecular weight is 407 g/mol. The van der Waals surface area contributed by atoms with E-state index in [0.29, 0.717) is 70.0 Å².